The van der Waals surface area contributed by atoms with Crippen LogP contribution in [0, 0.1) is 0 Å². The molecule has 0 radical (unpaired) electrons. The van der Waals surface area contributed by atoms with Gasteiger partial charge in [0.15, 0.2) is 0 Å². The van der Waals surface area contributed by atoms with E-state index in [1.54, 1.807) is 0 Å². The lowest BCUT2D eigenvalue weighted by molar-refractivity contribution is 0.183. The van der Waals surface area contributed by atoms with Crippen LogP contribution in [0.1, 0.15) is 31.0 Å². The summed E-state index contributed by atoms with van der Waals surface area (Å²) in [6.07, 6.45) is 3.86. The van der Waals surface area contributed by atoms with E-state index in [2.05, 4.69) is 52.5 Å². The van der Waals surface area contributed by atoms with Crippen LogP contribution in [0.2, 0.25) is 0 Å². The average Bonchev–Trinajstić information content (AvgIpc) is 2.90. The zero-order valence-electron chi connectivity index (χ0n) is 10.8. The van der Waals surface area contributed by atoms with Gasteiger partial charge in [-0.05, 0) is 32.5 Å². The van der Waals surface area contributed by atoms with Crippen molar-refractivity contribution >= 4 is 0 Å². The molecule has 3 nitrogen and oxygen atoms in total. The molecule has 0 saturated carbocycles. The molecule has 18 heavy (non-hydrogen) atoms. The van der Waals surface area contributed by atoms with Crippen LogP contribution in [0.5, 0.6) is 0 Å². The summed E-state index contributed by atoms with van der Waals surface area (Å²) in [4.78, 5) is 2.42. The first-order valence-electron chi connectivity index (χ1n) is 6.65. The number of hydrogen-bond donors (Lipinski definition) is 1. The fourth-order valence-electron chi connectivity index (χ4n) is 2.73. The highest BCUT2D eigenvalue weighted by Crippen LogP contribution is 2.30. The van der Waals surface area contributed by atoms with Gasteiger partial charge in [-0.3, -0.25) is 10.00 Å². The van der Waals surface area contributed by atoms with Gasteiger partial charge in [0.2, 0.25) is 0 Å². The van der Waals surface area contributed by atoms with Crippen LogP contribution in [0.15, 0.2) is 36.4 Å². The highest BCUT2D eigenvalue weighted by atomic mass is 15.2. The van der Waals surface area contributed by atoms with Crippen LogP contribution >= 0.6 is 0 Å². The number of nitrogens with zero attached hydrogens (tertiary/aromatic N) is 2. The molecule has 1 atom stereocenters. The quantitative estimate of drug-likeness (QED) is 0.875. The maximum atomic E-state index is 4.44. The second-order valence-corrected chi connectivity index (χ2v) is 5.07. The van der Waals surface area contributed by atoms with E-state index in [1.807, 2.05) is 6.07 Å². The summed E-state index contributed by atoms with van der Waals surface area (Å²) in [5.41, 5.74) is 3.47. The molecule has 1 aromatic carbocycles. The molecule has 3 heteroatoms. The van der Waals surface area contributed by atoms with E-state index in [9.17, 15) is 0 Å². The molecule has 94 valence electrons. The number of benzene rings is 1. The third-order valence-electron chi connectivity index (χ3n) is 3.80. The Balaban J connectivity index is 1.85. The molecule has 1 aliphatic heterocycles. The molecule has 2 aromatic rings. The molecular weight excluding hydrogens is 222 g/mol. The van der Waals surface area contributed by atoms with Gasteiger partial charge in [-0.2, -0.15) is 5.10 Å². The zero-order chi connectivity index (χ0) is 12.4. The van der Waals surface area contributed by atoms with E-state index in [1.165, 1.54) is 37.1 Å². The topological polar surface area (TPSA) is 31.9 Å². The van der Waals surface area contributed by atoms with Gasteiger partial charge in [-0.15, -0.1) is 0 Å². The predicted octanol–water partition coefficient (Wildman–Crippen LogP) is 3.23. The molecule has 0 bridgehead atoms. The molecule has 1 unspecified atom stereocenters. The van der Waals surface area contributed by atoms with E-state index >= 15 is 0 Å². The fourth-order valence-corrected chi connectivity index (χ4v) is 2.73. The maximum Gasteiger partial charge on any atom is 0.0924 e. The largest absolute Gasteiger partial charge is 0.298 e. The molecule has 0 amide bonds. The van der Waals surface area contributed by atoms with Crippen molar-refractivity contribution in [2.75, 3.05) is 13.6 Å². The molecule has 2 heterocycles. The van der Waals surface area contributed by atoms with E-state index in [4.69, 9.17) is 0 Å². The first kappa shape index (κ1) is 11.5. The van der Waals surface area contributed by atoms with Crippen molar-refractivity contribution in [3.63, 3.8) is 0 Å². The van der Waals surface area contributed by atoms with Crippen molar-refractivity contribution in [3.05, 3.63) is 42.1 Å². The van der Waals surface area contributed by atoms with Gasteiger partial charge in [0, 0.05) is 5.56 Å². The molecule has 1 aliphatic rings. The smallest absolute Gasteiger partial charge is 0.0924 e. The highest BCUT2D eigenvalue weighted by Gasteiger charge is 2.22. The molecule has 1 N–H and O–H groups in total. The van der Waals surface area contributed by atoms with Gasteiger partial charge in [-0.1, -0.05) is 36.8 Å². The Labute approximate surface area is 108 Å². The minimum atomic E-state index is 0.503. The number of aromatic nitrogens is 2. The molecule has 0 spiro atoms. The van der Waals surface area contributed by atoms with E-state index in [0.29, 0.717) is 6.04 Å². The second kappa shape index (κ2) is 4.94. The second-order valence-electron chi connectivity index (χ2n) is 5.07. The van der Waals surface area contributed by atoms with Gasteiger partial charge < -0.3 is 0 Å². The number of likely N-dealkylation sites (tertiary alicyclic amines) is 1. The van der Waals surface area contributed by atoms with Crippen LogP contribution in [0.25, 0.3) is 11.3 Å². The average molecular weight is 241 g/mol. The van der Waals surface area contributed by atoms with Crippen LogP contribution in [0.3, 0.4) is 0 Å². The summed E-state index contributed by atoms with van der Waals surface area (Å²) in [6.45, 7) is 1.18. The Morgan fingerprint density at radius 2 is 2.06 bits per heavy atom. The lowest BCUT2D eigenvalue weighted by Crippen LogP contribution is -2.29. The fraction of sp³-hybridized carbons (Fsp3) is 0.400. The normalized spacial score (nSPS) is 21.1. The predicted molar refractivity (Wildman–Crippen MR) is 73.2 cm³/mol. The zero-order valence-corrected chi connectivity index (χ0v) is 10.8. The Kier molecular flexibility index (Phi) is 3.15. The van der Waals surface area contributed by atoms with E-state index < -0.39 is 0 Å². The Morgan fingerprint density at radius 3 is 2.83 bits per heavy atom. The lowest BCUT2D eigenvalue weighted by Gasteiger charge is -2.31. The Bertz CT molecular complexity index is 503. The van der Waals surface area contributed by atoms with E-state index in [0.717, 1.165) is 5.69 Å². The van der Waals surface area contributed by atoms with Gasteiger partial charge in [0.05, 0.1) is 17.4 Å². The van der Waals surface area contributed by atoms with Crippen LogP contribution < -0.4 is 0 Å². The maximum absolute atomic E-state index is 4.44. The summed E-state index contributed by atoms with van der Waals surface area (Å²) in [7, 11) is 2.20. The Hall–Kier alpha value is -1.61. The first-order chi connectivity index (χ1) is 8.84. The van der Waals surface area contributed by atoms with Gasteiger partial charge >= 0.3 is 0 Å². The van der Waals surface area contributed by atoms with Crippen molar-refractivity contribution in [1.29, 1.82) is 0 Å². The van der Waals surface area contributed by atoms with Crippen LogP contribution in [-0.2, 0) is 0 Å². The van der Waals surface area contributed by atoms with Crippen molar-refractivity contribution in [1.82, 2.24) is 15.1 Å². The van der Waals surface area contributed by atoms with Gasteiger partial charge in [-0.25, -0.2) is 0 Å². The summed E-state index contributed by atoms with van der Waals surface area (Å²) in [5.74, 6) is 0. The monoisotopic (exact) mass is 241 g/mol. The summed E-state index contributed by atoms with van der Waals surface area (Å²) >= 11 is 0. The minimum absolute atomic E-state index is 0.503. The number of nitrogens with one attached hydrogen (secondary N) is 1. The molecule has 0 aliphatic carbocycles. The summed E-state index contributed by atoms with van der Waals surface area (Å²) in [5, 5.41) is 7.66. The number of piperidine rings is 1. The molecule has 1 aromatic heterocycles. The van der Waals surface area contributed by atoms with Crippen molar-refractivity contribution < 1.29 is 0 Å². The third kappa shape index (κ3) is 2.18. The van der Waals surface area contributed by atoms with Crippen LogP contribution in [-0.4, -0.2) is 28.7 Å². The minimum Gasteiger partial charge on any atom is -0.298 e. The number of H-pyrrole nitrogens is 1. The molecule has 1 saturated heterocycles. The molecular formula is C15H19N3. The number of hydrogen-bond acceptors (Lipinski definition) is 2. The number of aromatic amines is 1. The van der Waals surface area contributed by atoms with Gasteiger partial charge in [0.1, 0.15) is 0 Å². The summed E-state index contributed by atoms with van der Waals surface area (Å²) in [6, 6.07) is 13.0. The van der Waals surface area contributed by atoms with Crippen LogP contribution in [0.4, 0.5) is 0 Å². The van der Waals surface area contributed by atoms with Crippen molar-refractivity contribution in [3.8, 4) is 11.3 Å². The van der Waals surface area contributed by atoms with Crippen molar-refractivity contribution in [2.45, 2.75) is 25.3 Å². The molecule has 3 rings (SSSR count). The molecule has 1 fully saturated rings. The SMILES string of the molecule is CN1CCCCC1c1cc(-c2ccccc2)n[nH]1. The summed E-state index contributed by atoms with van der Waals surface area (Å²) < 4.78 is 0. The standard InChI is InChI=1S/C15H19N3/c1-18-10-6-5-9-15(18)14-11-13(16-17-14)12-7-3-2-4-8-12/h2-4,7-8,11,15H,5-6,9-10H2,1H3,(H,16,17). The lowest BCUT2D eigenvalue weighted by atomic mass is 9.99. The first-order valence-corrected chi connectivity index (χ1v) is 6.65. The Morgan fingerprint density at radius 1 is 1.22 bits per heavy atom. The number of rotatable bonds is 2. The van der Waals surface area contributed by atoms with Crippen molar-refractivity contribution in [2.24, 2.45) is 0 Å². The highest BCUT2D eigenvalue weighted by molar-refractivity contribution is 5.59. The van der Waals surface area contributed by atoms with Gasteiger partial charge in [0.25, 0.3) is 0 Å². The third-order valence-corrected chi connectivity index (χ3v) is 3.80. The van der Waals surface area contributed by atoms with E-state index in [-0.39, 0.29) is 0 Å².